The fourth-order valence-electron chi connectivity index (χ4n) is 1.67. The molecule has 124 valence electrons. The third kappa shape index (κ3) is 8.35. The van der Waals surface area contributed by atoms with Crippen LogP contribution in [0.2, 0.25) is 0 Å². The Morgan fingerprint density at radius 2 is 1.70 bits per heavy atom. The van der Waals surface area contributed by atoms with E-state index >= 15 is 0 Å². The minimum Gasteiger partial charge on any atom is -0.460 e. The molecule has 1 rings (SSSR count). The summed E-state index contributed by atoms with van der Waals surface area (Å²) < 4.78 is 9.76. The predicted octanol–water partition coefficient (Wildman–Crippen LogP) is 1.10. The van der Waals surface area contributed by atoms with Gasteiger partial charge in [-0.1, -0.05) is 30.3 Å². The van der Waals surface area contributed by atoms with Gasteiger partial charge >= 0.3 is 11.9 Å². The van der Waals surface area contributed by atoms with E-state index in [1.54, 1.807) is 12.1 Å². The summed E-state index contributed by atoms with van der Waals surface area (Å²) in [5.74, 6) is -2.39. The molecule has 0 aromatic heterocycles. The molecule has 0 heterocycles. The van der Waals surface area contributed by atoms with Gasteiger partial charge in [0.15, 0.2) is 6.23 Å². The van der Waals surface area contributed by atoms with E-state index in [1.807, 2.05) is 18.2 Å². The number of benzene rings is 1. The van der Waals surface area contributed by atoms with Gasteiger partial charge in [0.25, 0.3) is 0 Å². The molecule has 0 aliphatic heterocycles. The van der Waals surface area contributed by atoms with E-state index in [-0.39, 0.29) is 18.8 Å². The highest BCUT2D eigenvalue weighted by Crippen LogP contribution is 2.02. The second-order valence-corrected chi connectivity index (χ2v) is 4.90. The maximum Gasteiger partial charge on any atom is 0.315 e. The molecule has 1 unspecified atom stereocenters. The number of ether oxygens (including phenoxy) is 2. The summed E-state index contributed by atoms with van der Waals surface area (Å²) in [6, 6.07) is 9.06. The normalized spacial score (nSPS) is 11.2. The molecule has 0 aliphatic rings. The van der Waals surface area contributed by atoms with Crippen LogP contribution in [0, 0.1) is 0 Å². The highest BCUT2D eigenvalue weighted by Gasteiger charge is 2.16. The number of hydrogen-bond acceptors (Lipinski definition) is 6. The van der Waals surface area contributed by atoms with Crippen molar-refractivity contribution in [3.05, 3.63) is 35.9 Å². The average Bonchev–Trinajstić information content (AvgIpc) is 2.44. The zero-order chi connectivity index (χ0) is 17.2. The molecular formula is C16H19NO6. The molecule has 1 aromatic rings. The van der Waals surface area contributed by atoms with Gasteiger partial charge in [0.05, 0.1) is 0 Å². The van der Waals surface area contributed by atoms with Crippen LogP contribution >= 0.6 is 0 Å². The molecule has 0 bridgehead atoms. The molecule has 23 heavy (non-hydrogen) atoms. The van der Waals surface area contributed by atoms with Crippen LogP contribution in [-0.2, 0) is 35.3 Å². The van der Waals surface area contributed by atoms with Crippen molar-refractivity contribution in [2.45, 2.75) is 39.5 Å². The number of ketones is 1. The number of nitrogens with one attached hydrogen (secondary N) is 1. The molecule has 0 saturated carbocycles. The summed E-state index contributed by atoms with van der Waals surface area (Å²) in [7, 11) is 0. The molecule has 0 aliphatic carbocycles. The Balaban J connectivity index is 2.28. The van der Waals surface area contributed by atoms with Gasteiger partial charge in [0, 0.05) is 0 Å². The maximum atomic E-state index is 11.6. The van der Waals surface area contributed by atoms with Gasteiger partial charge < -0.3 is 14.8 Å². The number of rotatable bonds is 8. The first-order chi connectivity index (χ1) is 10.9. The second-order valence-electron chi connectivity index (χ2n) is 4.90. The number of esters is 2. The van der Waals surface area contributed by atoms with Gasteiger partial charge in [-0.2, -0.15) is 0 Å². The van der Waals surface area contributed by atoms with Crippen molar-refractivity contribution in [2.75, 3.05) is 0 Å². The minimum atomic E-state index is -0.934. The summed E-state index contributed by atoms with van der Waals surface area (Å²) in [5.41, 5.74) is 0.813. The van der Waals surface area contributed by atoms with Gasteiger partial charge in [-0.15, -0.1) is 0 Å². The van der Waals surface area contributed by atoms with Crippen LogP contribution in [0.1, 0.15) is 32.3 Å². The second kappa shape index (κ2) is 9.34. The smallest absolute Gasteiger partial charge is 0.315 e. The van der Waals surface area contributed by atoms with Crippen LogP contribution < -0.4 is 5.32 Å². The fraction of sp³-hybridized carbons (Fsp3) is 0.375. The van der Waals surface area contributed by atoms with Gasteiger partial charge in [0.1, 0.15) is 25.2 Å². The van der Waals surface area contributed by atoms with Crippen LogP contribution in [0.25, 0.3) is 0 Å². The fourth-order valence-corrected chi connectivity index (χ4v) is 1.67. The quantitative estimate of drug-likeness (QED) is 0.437. The molecule has 7 nitrogen and oxygen atoms in total. The molecule has 0 radical (unpaired) electrons. The van der Waals surface area contributed by atoms with E-state index in [1.165, 1.54) is 13.8 Å². The Labute approximate surface area is 134 Å². The van der Waals surface area contributed by atoms with Gasteiger partial charge in [-0.3, -0.25) is 19.2 Å². The van der Waals surface area contributed by atoms with Crippen molar-refractivity contribution in [1.82, 2.24) is 5.32 Å². The lowest BCUT2D eigenvalue weighted by Gasteiger charge is -2.14. The molecular weight excluding hydrogens is 302 g/mol. The molecule has 0 saturated heterocycles. The van der Waals surface area contributed by atoms with Gasteiger partial charge in [-0.25, -0.2) is 0 Å². The van der Waals surface area contributed by atoms with Gasteiger partial charge in [0.2, 0.25) is 5.91 Å². The Kier molecular flexibility index (Phi) is 7.45. The largest absolute Gasteiger partial charge is 0.460 e. The van der Waals surface area contributed by atoms with E-state index in [0.29, 0.717) is 0 Å². The lowest BCUT2D eigenvalue weighted by Crippen LogP contribution is -2.37. The summed E-state index contributed by atoms with van der Waals surface area (Å²) >= 11 is 0. The lowest BCUT2D eigenvalue weighted by molar-refractivity contribution is -0.153. The highest BCUT2D eigenvalue weighted by atomic mass is 16.6. The number of carbonyl (C=O) groups is 4. The SMILES string of the molecule is CC(=O)CC(=O)OC(C)NC(=O)CC(=O)OCc1ccccc1. The van der Waals surface area contributed by atoms with Crippen molar-refractivity contribution in [2.24, 2.45) is 0 Å². The van der Waals surface area contributed by atoms with Gasteiger partial charge in [-0.05, 0) is 19.4 Å². The van der Waals surface area contributed by atoms with E-state index in [4.69, 9.17) is 9.47 Å². The Bertz CT molecular complexity index is 569. The van der Waals surface area contributed by atoms with Crippen molar-refractivity contribution in [3.8, 4) is 0 Å². The molecule has 0 spiro atoms. The van der Waals surface area contributed by atoms with Crippen LogP contribution in [-0.4, -0.2) is 29.9 Å². The number of hydrogen-bond donors (Lipinski definition) is 1. The predicted molar refractivity (Wildman–Crippen MR) is 79.8 cm³/mol. The molecule has 1 aromatic carbocycles. The maximum absolute atomic E-state index is 11.6. The lowest BCUT2D eigenvalue weighted by atomic mass is 10.2. The third-order valence-corrected chi connectivity index (χ3v) is 2.61. The van der Waals surface area contributed by atoms with E-state index in [0.717, 1.165) is 5.56 Å². The average molecular weight is 321 g/mol. The third-order valence-electron chi connectivity index (χ3n) is 2.61. The number of amides is 1. The van der Waals surface area contributed by atoms with Crippen molar-refractivity contribution in [1.29, 1.82) is 0 Å². The highest BCUT2D eigenvalue weighted by molar-refractivity contribution is 5.95. The van der Waals surface area contributed by atoms with Crippen LogP contribution in [0.15, 0.2) is 30.3 Å². The molecule has 1 amide bonds. The van der Waals surface area contributed by atoms with E-state index < -0.39 is 30.5 Å². The first-order valence-electron chi connectivity index (χ1n) is 7.04. The van der Waals surface area contributed by atoms with E-state index in [9.17, 15) is 19.2 Å². The summed E-state index contributed by atoms with van der Waals surface area (Å²) in [6.45, 7) is 2.76. The zero-order valence-corrected chi connectivity index (χ0v) is 13.0. The zero-order valence-electron chi connectivity index (χ0n) is 13.0. The van der Waals surface area contributed by atoms with Crippen molar-refractivity contribution < 1.29 is 28.7 Å². The first-order valence-corrected chi connectivity index (χ1v) is 7.04. The van der Waals surface area contributed by atoms with Crippen LogP contribution in [0.5, 0.6) is 0 Å². The number of Topliss-reactive ketones (excluding diaryl/α,β-unsaturated/α-hetero) is 1. The number of carbonyl (C=O) groups excluding carboxylic acids is 4. The Morgan fingerprint density at radius 1 is 1.04 bits per heavy atom. The van der Waals surface area contributed by atoms with Crippen molar-refractivity contribution in [3.63, 3.8) is 0 Å². The summed E-state index contributed by atoms with van der Waals surface area (Å²) in [5, 5.41) is 2.32. The van der Waals surface area contributed by atoms with Crippen LogP contribution in [0.3, 0.4) is 0 Å². The first kappa shape index (κ1) is 18.3. The standard InChI is InChI=1S/C16H19NO6/c1-11(18)8-16(21)23-12(2)17-14(19)9-15(20)22-10-13-6-4-3-5-7-13/h3-7,12H,8-10H2,1-2H3,(H,17,19). The van der Waals surface area contributed by atoms with Crippen LogP contribution in [0.4, 0.5) is 0 Å². The molecule has 7 heteroatoms. The monoisotopic (exact) mass is 321 g/mol. The molecule has 0 fully saturated rings. The Hall–Kier alpha value is -2.70. The minimum absolute atomic E-state index is 0.0795. The summed E-state index contributed by atoms with van der Waals surface area (Å²) in [6.07, 6.45) is -1.78. The summed E-state index contributed by atoms with van der Waals surface area (Å²) in [4.78, 5) is 45.1. The van der Waals surface area contributed by atoms with E-state index in [2.05, 4.69) is 5.32 Å². The molecule has 1 atom stereocenters. The molecule has 1 N–H and O–H groups in total. The topological polar surface area (TPSA) is 98.8 Å². The van der Waals surface area contributed by atoms with Crippen molar-refractivity contribution >= 4 is 23.6 Å². The Morgan fingerprint density at radius 3 is 2.30 bits per heavy atom.